The molecule has 0 unspecified atom stereocenters. The molecule has 1 aliphatic rings. The molecule has 190 valence electrons. The molecule has 4 rings (SSSR count). The number of hydrogen-bond acceptors (Lipinski definition) is 6. The molecule has 3 aromatic rings. The van der Waals surface area contributed by atoms with Gasteiger partial charge in [0.25, 0.3) is 5.91 Å². The fraction of sp³-hybridized carbons (Fsp3) is 0.385. The summed E-state index contributed by atoms with van der Waals surface area (Å²) in [6.45, 7) is 1.45. The van der Waals surface area contributed by atoms with Crippen LogP contribution in [0.4, 0.5) is 10.2 Å². The van der Waals surface area contributed by atoms with Gasteiger partial charge in [-0.05, 0) is 55.5 Å². The third-order valence-corrected chi connectivity index (χ3v) is 6.27. The minimum atomic E-state index is -0.288. The summed E-state index contributed by atoms with van der Waals surface area (Å²) >= 11 is 0. The fourth-order valence-corrected chi connectivity index (χ4v) is 4.40. The zero-order valence-corrected chi connectivity index (χ0v) is 20.0. The van der Waals surface area contributed by atoms with E-state index in [1.165, 1.54) is 12.1 Å². The van der Waals surface area contributed by atoms with Gasteiger partial charge in [-0.2, -0.15) is 5.10 Å². The maximum Gasteiger partial charge on any atom is 0.255 e. The van der Waals surface area contributed by atoms with Crippen molar-refractivity contribution in [3.63, 3.8) is 0 Å². The Labute approximate surface area is 209 Å². The van der Waals surface area contributed by atoms with Crippen molar-refractivity contribution in [2.75, 3.05) is 31.6 Å². The lowest BCUT2D eigenvalue weighted by atomic mass is 10.1. The Morgan fingerprint density at radius 3 is 2.92 bits per heavy atom. The molecule has 1 fully saturated rings. The Kier molecular flexibility index (Phi) is 8.62. The van der Waals surface area contributed by atoms with Crippen molar-refractivity contribution in [3.05, 3.63) is 65.7 Å². The zero-order chi connectivity index (χ0) is 25.3. The van der Waals surface area contributed by atoms with E-state index in [2.05, 4.69) is 25.8 Å². The van der Waals surface area contributed by atoms with Gasteiger partial charge in [-0.3, -0.25) is 14.7 Å². The number of nitrogens with zero attached hydrogens (tertiary/aromatic N) is 3. The largest absolute Gasteiger partial charge is 0.396 e. The number of aromatic nitrogens is 3. The van der Waals surface area contributed by atoms with Gasteiger partial charge < -0.3 is 20.6 Å². The Balaban J connectivity index is 1.44. The topological polar surface area (TPSA) is 123 Å². The molecule has 1 aromatic carbocycles. The first kappa shape index (κ1) is 25.3. The van der Waals surface area contributed by atoms with Crippen molar-refractivity contribution >= 4 is 17.6 Å². The number of rotatable bonds is 11. The zero-order valence-electron chi connectivity index (χ0n) is 20.0. The first-order valence-electron chi connectivity index (χ1n) is 12.2. The number of benzene rings is 1. The van der Waals surface area contributed by atoms with E-state index < -0.39 is 0 Å². The Morgan fingerprint density at radius 1 is 1.25 bits per heavy atom. The van der Waals surface area contributed by atoms with Crippen molar-refractivity contribution < 1.29 is 19.1 Å². The van der Waals surface area contributed by atoms with Crippen molar-refractivity contribution in [2.45, 2.75) is 38.1 Å². The number of nitrogens with one attached hydrogen (secondary N) is 3. The van der Waals surface area contributed by atoms with Crippen molar-refractivity contribution in [1.29, 1.82) is 0 Å². The number of anilines is 1. The standard InChI is InChI=1S/C26H31FN6O3/c27-20-5-1-4-18(14-20)10-11-28-25-22(8-9-23(32-25)19-15-30-31-16-19)26(36)29-17-21-6-2-12-33(21)24(35)7-3-13-34/h1,4-5,8-9,14-16,21,34H,2-3,6-7,10-13,17H2,(H,28,32)(H,29,36)(H,30,31)/t21-/m1/s1. The summed E-state index contributed by atoms with van der Waals surface area (Å²) in [5.74, 6) is -0.149. The molecular weight excluding hydrogens is 463 g/mol. The van der Waals surface area contributed by atoms with Gasteiger partial charge in [0.05, 0.1) is 17.5 Å². The minimum absolute atomic E-state index is 0.00614. The summed E-state index contributed by atoms with van der Waals surface area (Å²) in [6, 6.07) is 9.82. The molecule has 2 aromatic heterocycles. The van der Waals surface area contributed by atoms with E-state index in [1.54, 1.807) is 35.5 Å². The first-order valence-corrected chi connectivity index (χ1v) is 12.2. The van der Waals surface area contributed by atoms with Crippen LogP contribution in [0.5, 0.6) is 0 Å². The van der Waals surface area contributed by atoms with Gasteiger partial charge in [0, 0.05) is 50.5 Å². The Hall–Kier alpha value is -3.79. The molecule has 1 atom stereocenters. The molecule has 10 heteroatoms. The molecule has 4 N–H and O–H groups in total. The average Bonchev–Trinajstić information content (AvgIpc) is 3.58. The van der Waals surface area contributed by atoms with Crippen LogP contribution in [-0.4, -0.2) is 69.3 Å². The van der Waals surface area contributed by atoms with E-state index in [4.69, 9.17) is 5.11 Å². The highest BCUT2D eigenvalue weighted by Gasteiger charge is 2.28. The van der Waals surface area contributed by atoms with Crippen LogP contribution < -0.4 is 10.6 Å². The van der Waals surface area contributed by atoms with Crippen molar-refractivity contribution in [3.8, 4) is 11.3 Å². The Morgan fingerprint density at radius 2 is 2.14 bits per heavy atom. The number of carbonyl (C=O) groups excluding carboxylic acids is 2. The molecule has 1 saturated heterocycles. The molecule has 2 amide bonds. The van der Waals surface area contributed by atoms with E-state index in [1.807, 2.05) is 6.07 Å². The summed E-state index contributed by atoms with van der Waals surface area (Å²) < 4.78 is 13.5. The van der Waals surface area contributed by atoms with Crippen LogP contribution in [0, 0.1) is 5.82 Å². The van der Waals surface area contributed by atoms with Crippen LogP contribution in [0.2, 0.25) is 0 Å². The molecule has 1 aliphatic heterocycles. The molecule has 0 bridgehead atoms. The summed E-state index contributed by atoms with van der Waals surface area (Å²) in [6.07, 6.45) is 6.39. The van der Waals surface area contributed by atoms with Crippen LogP contribution in [0.25, 0.3) is 11.3 Å². The highest BCUT2D eigenvalue weighted by atomic mass is 19.1. The number of likely N-dealkylation sites (tertiary alicyclic amines) is 1. The number of amides is 2. The third-order valence-electron chi connectivity index (χ3n) is 6.27. The van der Waals surface area contributed by atoms with Gasteiger partial charge in [0.2, 0.25) is 5.91 Å². The molecule has 3 heterocycles. The lowest BCUT2D eigenvalue weighted by Crippen LogP contribution is -2.43. The number of halogens is 1. The molecule has 36 heavy (non-hydrogen) atoms. The van der Waals surface area contributed by atoms with Crippen LogP contribution >= 0.6 is 0 Å². The molecule has 0 saturated carbocycles. The predicted octanol–water partition coefficient (Wildman–Crippen LogP) is 2.76. The van der Waals surface area contributed by atoms with Crippen LogP contribution in [0.1, 0.15) is 41.6 Å². The second-order valence-corrected chi connectivity index (χ2v) is 8.81. The van der Waals surface area contributed by atoms with Crippen LogP contribution in [0.15, 0.2) is 48.8 Å². The van der Waals surface area contributed by atoms with E-state index in [0.717, 1.165) is 24.0 Å². The van der Waals surface area contributed by atoms with Crippen molar-refractivity contribution in [2.24, 2.45) is 0 Å². The third kappa shape index (κ3) is 6.45. The van der Waals surface area contributed by atoms with E-state index in [-0.39, 0.29) is 30.3 Å². The molecule has 0 radical (unpaired) electrons. The molecule has 9 nitrogen and oxygen atoms in total. The maximum absolute atomic E-state index is 13.5. The van der Waals surface area contributed by atoms with Crippen molar-refractivity contribution in [1.82, 2.24) is 25.4 Å². The van der Waals surface area contributed by atoms with Crippen LogP contribution in [-0.2, 0) is 11.2 Å². The van der Waals surface area contributed by atoms with Gasteiger partial charge in [-0.25, -0.2) is 9.37 Å². The summed E-state index contributed by atoms with van der Waals surface area (Å²) in [4.78, 5) is 32.0. The number of H-pyrrole nitrogens is 1. The Bertz CT molecular complexity index is 1170. The lowest BCUT2D eigenvalue weighted by Gasteiger charge is -2.25. The molecule has 0 spiro atoms. The number of aromatic amines is 1. The highest BCUT2D eigenvalue weighted by Crippen LogP contribution is 2.22. The monoisotopic (exact) mass is 494 g/mol. The number of pyridine rings is 1. The van der Waals surface area contributed by atoms with E-state index in [0.29, 0.717) is 56.0 Å². The van der Waals surface area contributed by atoms with E-state index in [9.17, 15) is 14.0 Å². The number of aliphatic hydroxyl groups excluding tert-OH is 1. The second kappa shape index (κ2) is 12.3. The lowest BCUT2D eigenvalue weighted by molar-refractivity contribution is -0.132. The second-order valence-electron chi connectivity index (χ2n) is 8.81. The predicted molar refractivity (Wildman–Crippen MR) is 134 cm³/mol. The minimum Gasteiger partial charge on any atom is -0.396 e. The summed E-state index contributed by atoms with van der Waals surface area (Å²) in [7, 11) is 0. The number of carbonyl (C=O) groups is 2. The van der Waals surface area contributed by atoms with Gasteiger partial charge in [0.1, 0.15) is 11.6 Å². The first-order chi connectivity index (χ1) is 17.5. The van der Waals surface area contributed by atoms with Gasteiger partial charge >= 0.3 is 0 Å². The maximum atomic E-state index is 13.5. The van der Waals surface area contributed by atoms with Gasteiger partial charge in [-0.15, -0.1) is 0 Å². The molecule has 0 aliphatic carbocycles. The highest BCUT2D eigenvalue weighted by molar-refractivity contribution is 5.99. The van der Waals surface area contributed by atoms with Crippen LogP contribution in [0.3, 0.4) is 0 Å². The average molecular weight is 495 g/mol. The SMILES string of the molecule is O=C(NC[C@H]1CCCN1C(=O)CCCO)c1ccc(-c2cn[nH]c2)nc1NCCc1cccc(F)c1. The van der Waals surface area contributed by atoms with Gasteiger partial charge in [0.15, 0.2) is 0 Å². The molecular formula is C26H31FN6O3. The number of aliphatic hydroxyl groups is 1. The smallest absolute Gasteiger partial charge is 0.255 e. The summed E-state index contributed by atoms with van der Waals surface area (Å²) in [5, 5.41) is 21.9. The normalized spacial score (nSPS) is 15.2. The van der Waals surface area contributed by atoms with E-state index >= 15 is 0 Å². The summed E-state index contributed by atoms with van der Waals surface area (Å²) in [5.41, 5.74) is 2.67. The quantitative estimate of drug-likeness (QED) is 0.325. The fourth-order valence-electron chi connectivity index (χ4n) is 4.40. The number of hydrogen-bond donors (Lipinski definition) is 4. The van der Waals surface area contributed by atoms with Gasteiger partial charge in [-0.1, -0.05) is 12.1 Å².